The fourth-order valence-corrected chi connectivity index (χ4v) is 4.08. The van der Waals surface area contributed by atoms with Gasteiger partial charge in [-0.1, -0.05) is 6.92 Å². The molecule has 0 bridgehead atoms. The lowest BCUT2D eigenvalue weighted by Gasteiger charge is -2.24. The van der Waals surface area contributed by atoms with E-state index in [0.29, 0.717) is 36.2 Å². The highest BCUT2D eigenvalue weighted by Crippen LogP contribution is 2.38. The summed E-state index contributed by atoms with van der Waals surface area (Å²) in [6.07, 6.45) is -2.54. The van der Waals surface area contributed by atoms with Crippen molar-refractivity contribution >= 4 is 22.5 Å². The van der Waals surface area contributed by atoms with E-state index in [4.69, 9.17) is 11.1 Å². The molecule has 0 saturated carbocycles. The van der Waals surface area contributed by atoms with Crippen LogP contribution in [0.1, 0.15) is 30.9 Å². The summed E-state index contributed by atoms with van der Waals surface area (Å²) in [7, 11) is 0. The van der Waals surface area contributed by atoms with Crippen molar-refractivity contribution in [3.8, 4) is 0 Å². The largest absolute Gasteiger partial charge is 0.390 e. The Balaban J connectivity index is 1.72. The highest BCUT2D eigenvalue weighted by Gasteiger charge is 2.39. The molecule has 2 aromatic heterocycles. The number of likely N-dealkylation sites (tertiary alicyclic amines) is 1. The van der Waals surface area contributed by atoms with E-state index in [9.17, 15) is 17.6 Å². The van der Waals surface area contributed by atoms with Gasteiger partial charge in [-0.2, -0.15) is 13.2 Å². The van der Waals surface area contributed by atoms with Crippen LogP contribution in [0.3, 0.4) is 0 Å². The van der Waals surface area contributed by atoms with Crippen LogP contribution in [-0.4, -0.2) is 51.1 Å². The third kappa shape index (κ3) is 3.11. The van der Waals surface area contributed by atoms with Crippen molar-refractivity contribution in [1.29, 1.82) is 5.41 Å². The zero-order valence-electron chi connectivity index (χ0n) is 15.2. The predicted octanol–water partition coefficient (Wildman–Crippen LogP) is 3.15. The smallest absolute Gasteiger partial charge is 0.384 e. The van der Waals surface area contributed by atoms with E-state index < -0.39 is 18.4 Å². The van der Waals surface area contributed by atoms with Crippen molar-refractivity contribution in [3.63, 3.8) is 0 Å². The van der Waals surface area contributed by atoms with Crippen LogP contribution in [-0.2, 0) is 5.41 Å². The Morgan fingerprint density at radius 2 is 2.14 bits per heavy atom. The van der Waals surface area contributed by atoms with Gasteiger partial charge in [0, 0.05) is 41.9 Å². The average molecular weight is 396 g/mol. The predicted molar refractivity (Wildman–Crippen MR) is 97.1 cm³/mol. The number of nitrogens with one attached hydrogen (secondary N) is 2. The Morgan fingerprint density at radius 1 is 1.39 bits per heavy atom. The van der Waals surface area contributed by atoms with Crippen molar-refractivity contribution in [1.82, 2.24) is 19.5 Å². The Bertz CT molecular complexity index is 1070. The molecule has 4 rings (SSSR count). The van der Waals surface area contributed by atoms with Crippen molar-refractivity contribution in [2.45, 2.75) is 31.4 Å². The first-order valence-corrected chi connectivity index (χ1v) is 8.90. The molecule has 1 aromatic carbocycles. The van der Waals surface area contributed by atoms with Crippen LogP contribution in [0.4, 0.5) is 17.6 Å². The van der Waals surface area contributed by atoms with Crippen molar-refractivity contribution in [2.75, 3.05) is 19.6 Å². The molecule has 3 heterocycles. The van der Waals surface area contributed by atoms with E-state index in [1.165, 1.54) is 12.1 Å². The minimum absolute atomic E-state index is 0.0318. The standard InChI is InChI=1S/C18H20F4N6/c1-17(2-4-27(9-17)5-3-18(20,21)22)12-8-25-28-14-11(15(23)24)6-10(19)7-13(14)26-16(12)28/h6-8,25H,2-5,9H2,1H3,(H3,23,24). The lowest BCUT2D eigenvalue weighted by molar-refractivity contribution is -0.137. The van der Waals surface area contributed by atoms with Gasteiger partial charge in [-0.25, -0.2) is 13.9 Å². The topological polar surface area (TPSA) is 86.2 Å². The van der Waals surface area contributed by atoms with Crippen molar-refractivity contribution in [2.24, 2.45) is 5.73 Å². The number of halogens is 4. The van der Waals surface area contributed by atoms with Gasteiger partial charge < -0.3 is 10.6 Å². The molecule has 6 nitrogen and oxygen atoms in total. The second kappa shape index (κ2) is 6.20. The van der Waals surface area contributed by atoms with E-state index >= 15 is 0 Å². The molecule has 28 heavy (non-hydrogen) atoms. The minimum Gasteiger partial charge on any atom is -0.384 e. The molecule has 0 aliphatic carbocycles. The normalized spacial score (nSPS) is 21.2. The number of alkyl halides is 3. The zero-order valence-corrected chi connectivity index (χ0v) is 15.2. The third-order valence-corrected chi connectivity index (χ3v) is 5.50. The second-order valence-electron chi connectivity index (χ2n) is 7.64. The van der Waals surface area contributed by atoms with E-state index in [2.05, 4.69) is 10.1 Å². The van der Waals surface area contributed by atoms with Gasteiger partial charge in [0.2, 0.25) is 0 Å². The molecule has 0 amide bonds. The van der Waals surface area contributed by atoms with Gasteiger partial charge in [-0.05, 0) is 19.0 Å². The number of hydrogen-bond donors (Lipinski definition) is 3. The molecule has 1 fully saturated rings. The number of nitrogens with zero attached hydrogens (tertiary/aromatic N) is 3. The average Bonchev–Trinajstić information content (AvgIpc) is 3.24. The van der Waals surface area contributed by atoms with Gasteiger partial charge in [-0.3, -0.25) is 10.5 Å². The number of rotatable bonds is 4. The third-order valence-electron chi connectivity index (χ3n) is 5.50. The number of fused-ring (bicyclic) bond motifs is 3. The summed E-state index contributed by atoms with van der Waals surface area (Å²) in [6.45, 7) is 3.01. The fourth-order valence-electron chi connectivity index (χ4n) is 4.08. The van der Waals surface area contributed by atoms with Crippen LogP contribution in [0.25, 0.3) is 16.7 Å². The van der Waals surface area contributed by atoms with Crippen LogP contribution in [0, 0.1) is 11.2 Å². The van der Waals surface area contributed by atoms with Gasteiger partial charge in [0.1, 0.15) is 17.2 Å². The van der Waals surface area contributed by atoms with Crippen LogP contribution in [0.2, 0.25) is 0 Å². The molecule has 0 spiro atoms. The lowest BCUT2D eigenvalue weighted by atomic mass is 9.83. The summed E-state index contributed by atoms with van der Waals surface area (Å²) in [4.78, 5) is 6.33. The second-order valence-corrected chi connectivity index (χ2v) is 7.64. The maximum absolute atomic E-state index is 13.9. The van der Waals surface area contributed by atoms with Gasteiger partial charge in [0.25, 0.3) is 0 Å². The van der Waals surface area contributed by atoms with Gasteiger partial charge in [0.15, 0.2) is 5.65 Å². The summed E-state index contributed by atoms with van der Waals surface area (Å²) < 4.78 is 53.2. The van der Waals surface area contributed by atoms with Gasteiger partial charge >= 0.3 is 6.18 Å². The van der Waals surface area contributed by atoms with E-state index in [0.717, 1.165) is 5.56 Å². The Labute approximate surface area is 157 Å². The molecule has 1 saturated heterocycles. The number of hydrogen-bond acceptors (Lipinski definition) is 3. The molecule has 3 aromatic rings. The van der Waals surface area contributed by atoms with Gasteiger partial charge in [0.05, 0.1) is 11.9 Å². The summed E-state index contributed by atoms with van der Waals surface area (Å²) in [6, 6.07) is 2.47. The monoisotopic (exact) mass is 396 g/mol. The number of aromatic nitrogens is 3. The summed E-state index contributed by atoms with van der Waals surface area (Å²) in [5.74, 6) is -0.807. The molecular weight excluding hydrogens is 376 g/mol. The Hall–Kier alpha value is -2.62. The molecule has 1 aliphatic rings. The molecule has 4 N–H and O–H groups in total. The molecular formula is C18H20F4N6. The van der Waals surface area contributed by atoms with E-state index in [-0.39, 0.29) is 23.4 Å². The Kier molecular flexibility index (Phi) is 4.14. The summed E-state index contributed by atoms with van der Waals surface area (Å²) in [5, 5.41) is 10.8. The SMILES string of the molecule is CC1(c2c[nH]n3c2nc2cc(F)cc(C(=N)N)c23)CCN(CCC(F)(F)F)C1. The molecule has 10 heteroatoms. The number of nitrogens with two attached hydrogens (primary N) is 1. The van der Waals surface area contributed by atoms with Crippen LogP contribution >= 0.6 is 0 Å². The quantitative estimate of drug-likeness (QED) is 0.360. The van der Waals surface area contributed by atoms with Crippen LogP contribution in [0.15, 0.2) is 18.3 Å². The first kappa shape index (κ1) is 18.7. The summed E-state index contributed by atoms with van der Waals surface area (Å²) >= 11 is 0. The maximum atomic E-state index is 13.9. The highest BCUT2D eigenvalue weighted by molar-refractivity contribution is 6.06. The van der Waals surface area contributed by atoms with Crippen molar-refractivity contribution in [3.05, 3.63) is 35.3 Å². The van der Waals surface area contributed by atoms with Crippen LogP contribution in [0.5, 0.6) is 0 Å². The number of amidine groups is 1. The minimum atomic E-state index is -4.17. The number of benzene rings is 1. The lowest BCUT2D eigenvalue weighted by Crippen LogP contribution is -2.30. The first-order valence-electron chi connectivity index (χ1n) is 8.90. The van der Waals surface area contributed by atoms with Crippen molar-refractivity contribution < 1.29 is 17.6 Å². The first-order chi connectivity index (χ1) is 13.1. The van der Waals surface area contributed by atoms with Crippen LogP contribution < -0.4 is 5.73 Å². The molecule has 1 atom stereocenters. The highest BCUT2D eigenvalue weighted by atomic mass is 19.4. The fraction of sp³-hybridized carbons (Fsp3) is 0.444. The zero-order chi connectivity index (χ0) is 20.3. The molecule has 0 radical (unpaired) electrons. The molecule has 150 valence electrons. The number of imidazole rings is 1. The molecule has 1 aliphatic heterocycles. The van der Waals surface area contributed by atoms with E-state index in [1.54, 1.807) is 15.6 Å². The molecule has 1 unspecified atom stereocenters. The Morgan fingerprint density at radius 3 is 2.82 bits per heavy atom. The maximum Gasteiger partial charge on any atom is 0.390 e. The number of aromatic amines is 1. The number of H-pyrrole nitrogens is 1. The summed E-state index contributed by atoms with van der Waals surface area (Å²) in [5.41, 5.74) is 7.76. The van der Waals surface area contributed by atoms with E-state index in [1.807, 2.05) is 6.92 Å². The van der Waals surface area contributed by atoms with Gasteiger partial charge in [-0.15, -0.1) is 0 Å². The number of nitrogen functional groups attached to an aromatic ring is 1.